The minimum atomic E-state index is -0.437. The SMILES string of the molecule is COC(=O)[C@H](Cc1ccc(OCc2ccccc2)cc1)NCc1ccc(OC)cc1. The van der Waals surface area contributed by atoms with Crippen LogP contribution in [0.4, 0.5) is 0 Å². The first-order chi connectivity index (χ1) is 14.7. The van der Waals surface area contributed by atoms with E-state index in [0.29, 0.717) is 19.6 Å². The number of carbonyl (C=O) groups is 1. The van der Waals surface area contributed by atoms with E-state index in [4.69, 9.17) is 14.2 Å². The zero-order chi connectivity index (χ0) is 21.2. The van der Waals surface area contributed by atoms with Gasteiger partial charge < -0.3 is 19.5 Å². The summed E-state index contributed by atoms with van der Waals surface area (Å²) < 4.78 is 16.0. The monoisotopic (exact) mass is 405 g/mol. The van der Waals surface area contributed by atoms with Gasteiger partial charge in [0.05, 0.1) is 14.2 Å². The van der Waals surface area contributed by atoms with Crippen LogP contribution in [-0.2, 0) is 29.1 Å². The summed E-state index contributed by atoms with van der Waals surface area (Å²) in [4.78, 5) is 12.2. The predicted molar refractivity (Wildman–Crippen MR) is 117 cm³/mol. The summed E-state index contributed by atoms with van der Waals surface area (Å²) in [5.74, 6) is 1.31. The molecule has 5 heteroatoms. The van der Waals surface area contributed by atoms with Crippen molar-refractivity contribution in [3.63, 3.8) is 0 Å². The molecule has 0 aliphatic carbocycles. The second-order valence-corrected chi connectivity index (χ2v) is 6.93. The Morgan fingerprint density at radius 1 is 0.800 bits per heavy atom. The molecule has 0 spiro atoms. The molecular formula is C25H27NO4. The number of ether oxygens (including phenoxy) is 3. The zero-order valence-electron chi connectivity index (χ0n) is 17.3. The smallest absolute Gasteiger partial charge is 0.323 e. The van der Waals surface area contributed by atoms with Crippen LogP contribution in [0.15, 0.2) is 78.9 Å². The minimum Gasteiger partial charge on any atom is -0.497 e. The number of rotatable bonds is 10. The lowest BCUT2D eigenvalue weighted by atomic mass is 10.1. The molecule has 0 aliphatic heterocycles. The fourth-order valence-electron chi connectivity index (χ4n) is 3.06. The van der Waals surface area contributed by atoms with Gasteiger partial charge in [-0.3, -0.25) is 4.79 Å². The molecule has 0 unspecified atom stereocenters. The Balaban J connectivity index is 1.56. The average Bonchev–Trinajstić information content (AvgIpc) is 2.81. The molecule has 0 saturated carbocycles. The molecule has 0 aromatic heterocycles. The van der Waals surface area contributed by atoms with E-state index in [1.165, 1.54) is 7.11 Å². The van der Waals surface area contributed by atoms with Gasteiger partial charge in [0.2, 0.25) is 0 Å². The second kappa shape index (κ2) is 11.0. The number of nitrogens with one attached hydrogen (secondary N) is 1. The van der Waals surface area contributed by atoms with Gasteiger partial charge in [-0.2, -0.15) is 0 Å². The van der Waals surface area contributed by atoms with Crippen molar-refractivity contribution < 1.29 is 19.0 Å². The predicted octanol–water partition coefficient (Wildman–Crippen LogP) is 4.15. The van der Waals surface area contributed by atoms with E-state index in [1.54, 1.807) is 7.11 Å². The Morgan fingerprint density at radius 3 is 2.07 bits per heavy atom. The third-order valence-corrected chi connectivity index (χ3v) is 4.81. The fraction of sp³-hybridized carbons (Fsp3) is 0.240. The highest BCUT2D eigenvalue weighted by Gasteiger charge is 2.19. The van der Waals surface area contributed by atoms with Crippen molar-refractivity contribution in [1.29, 1.82) is 0 Å². The van der Waals surface area contributed by atoms with Crippen LogP contribution in [0, 0.1) is 0 Å². The van der Waals surface area contributed by atoms with Crippen LogP contribution >= 0.6 is 0 Å². The molecule has 5 nitrogen and oxygen atoms in total. The number of hydrogen-bond acceptors (Lipinski definition) is 5. The van der Waals surface area contributed by atoms with Crippen molar-refractivity contribution in [2.24, 2.45) is 0 Å². The van der Waals surface area contributed by atoms with Gasteiger partial charge in [0.1, 0.15) is 24.1 Å². The molecule has 0 radical (unpaired) electrons. The third kappa shape index (κ3) is 6.36. The molecule has 156 valence electrons. The molecule has 0 amide bonds. The molecule has 3 rings (SSSR count). The zero-order valence-corrected chi connectivity index (χ0v) is 17.3. The van der Waals surface area contributed by atoms with Gasteiger partial charge in [0.25, 0.3) is 0 Å². The standard InChI is InChI=1S/C25H27NO4/c1-28-22-12-10-20(11-13-22)17-26-24(25(27)29-2)16-19-8-14-23(15-9-19)30-18-21-6-4-3-5-7-21/h3-15,24,26H,16-18H2,1-2H3/t24-/m0/s1. The van der Waals surface area contributed by atoms with Gasteiger partial charge >= 0.3 is 5.97 Å². The highest BCUT2D eigenvalue weighted by atomic mass is 16.5. The van der Waals surface area contributed by atoms with Crippen LogP contribution in [-0.4, -0.2) is 26.2 Å². The van der Waals surface area contributed by atoms with Crippen LogP contribution < -0.4 is 14.8 Å². The lowest BCUT2D eigenvalue weighted by Gasteiger charge is -2.17. The summed E-state index contributed by atoms with van der Waals surface area (Å²) in [6, 6.07) is 25.2. The Morgan fingerprint density at radius 2 is 1.43 bits per heavy atom. The largest absolute Gasteiger partial charge is 0.497 e. The van der Waals surface area contributed by atoms with Crippen LogP contribution in [0.2, 0.25) is 0 Å². The van der Waals surface area contributed by atoms with Crippen molar-refractivity contribution in [3.05, 3.63) is 95.6 Å². The summed E-state index contributed by atoms with van der Waals surface area (Å²) in [5, 5.41) is 3.29. The van der Waals surface area contributed by atoms with Crippen molar-refractivity contribution in [3.8, 4) is 11.5 Å². The van der Waals surface area contributed by atoms with E-state index >= 15 is 0 Å². The summed E-state index contributed by atoms with van der Waals surface area (Å²) >= 11 is 0. The molecule has 1 atom stereocenters. The lowest BCUT2D eigenvalue weighted by molar-refractivity contribution is -0.143. The van der Waals surface area contributed by atoms with E-state index in [0.717, 1.165) is 28.2 Å². The molecule has 0 bridgehead atoms. The van der Waals surface area contributed by atoms with E-state index in [2.05, 4.69) is 5.32 Å². The normalized spacial score (nSPS) is 11.5. The number of benzene rings is 3. The number of esters is 1. The first-order valence-electron chi connectivity index (χ1n) is 9.87. The minimum absolute atomic E-state index is 0.284. The molecule has 0 saturated heterocycles. The molecular weight excluding hydrogens is 378 g/mol. The van der Waals surface area contributed by atoms with Gasteiger partial charge in [0.15, 0.2) is 0 Å². The maximum Gasteiger partial charge on any atom is 0.323 e. The lowest BCUT2D eigenvalue weighted by Crippen LogP contribution is -2.39. The van der Waals surface area contributed by atoms with E-state index in [1.807, 2.05) is 78.9 Å². The molecule has 0 fully saturated rings. The first-order valence-corrected chi connectivity index (χ1v) is 9.87. The van der Waals surface area contributed by atoms with Gasteiger partial charge in [-0.1, -0.05) is 54.6 Å². The summed E-state index contributed by atoms with van der Waals surface area (Å²) in [6.07, 6.45) is 0.530. The van der Waals surface area contributed by atoms with Crippen LogP contribution in [0.25, 0.3) is 0 Å². The molecule has 3 aromatic rings. The number of hydrogen-bond donors (Lipinski definition) is 1. The average molecular weight is 405 g/mol. The number of methoxy groups -OCH3 is 2. The van der Waals surface area contributed by atoms with Crippen molar-refractivity contribution in [2.45, 2.75) is 25.6 Å². The van der Waals surface area contributed by atoms with Crippen LogP contribution in [0.5, 0.6) is 11.5 Å². The van der Waals surface area contributed by atoms with Crippen molar-refractivity contribution in [1.82, 2.24) is 5.32 Å². The number of carbonyl (C=O) groups excluding carboxylic acids is 1. The molecule has 30 heavy (non-hydrogen) atoms. The summed E-state index contributed by atoms with van der Waals surface area (Å²) in [7, 11) is 3.05. The molecule has 0 heterocycles. The van der Waals surface area contributed by atoms with E-state index < -0.39 is 6.04 Å². The first kappa shape index (κ1) is 21.4. The molecule has 3 aromatic carbocycles. The van der Waals surface area contributed by atoms with E-state index in [9.17, 15) is 4.79 Å². The van der Waals surface area contributed by atoms with Gasteiger partial charge in [-0.05, 0) is 47.4 Å². The maximum absolute atomic E-state index is 12.2. The quantitative estimate of drug-likeness (QED) is 0.514. The van der Waals surface area contributed by atoms with E-state index in [-0.39, 0.29) is 5.97 Å². The topological polar surface area (TPSA) is 56.8 Å². The Labute approximate surface area is 177 Å². The van der Waals surface area contributed by atoms with Crippen molar-refractivity contribution >= 4 is 5.97 Å². The maximum atomic E-state index is 12.2. The van der Waals surface area contributed by atoms with Crippen LogP contribution in [0.1, 0.15) is 16.7 Å². The highest BCUT2D eigenvalue weighted by molar-refractivity contribution is 5.76. The summed E-state index contributed by atoms with van der Waals surface area (Å²) in [5.41, 5.74) is 3.21. The Kier molecular flexibility index (Phi) is 7.86. The van der Waals surface area contributed by atoms with Gasteiger partial charge in [0, 0.05) is 6.54 Å². The third-order valence-electron chi connectivity index (χ3n) is 4.81. The highest BCUT2D eigenvalue weighted by Crippen LogP contribution is 2.16. The second-order valence-electron chi connectivity index (χ2n) is 6.93. The molecule has 0 aliphatic rings. The van der Waals surface area contributed by atoms with Gasteiger partial charge in [-0.25, -0.2) is 0 Å². The Hall–Kier alpha value is -3.31. The summed E-state index contributed by atoms with van der Waals surface area (Å²) in [6.45, 7) is 1.08. The fourth-order valence-corrected chi connectivity index (χ4v) is 3.06. The van der Waals surface area contributed by atoms with Crippen LogP contribution in [0.3, 0.4) is 0 Å². The van der Waals surface area contributed by atoms with Gasteiger partial charge in [-0.15, -0.1) is 0 Å². The molecule has 1 N–H and O–H groups in total. The Bertz CT molecular complexity index is 908. The van der Waals surface area contributed by atoms with Crippen molar-refractivity contribution in [2.75, 3.05) is 14.2 Å².